The monoisotopic (exact) mass is 354 g/mol. The Hall–Kier alpha value is -2.51. The normalized spacial score (nSPS) is 10.9. The van der Waals surface area contributed by atoms with Gasteiger partial charge in [-0.3, -0.25) is 4.98 Å². The van der Waals surface area contributed by atoms with Crippen molar-refractivity contribution in [1.29, 1.82) is 0 Å². The first-order valence-electron chi connectivity index (χ1n) is 7.35. The molecule has 120 valence electrons. The largest absolute Gasteiger partial charge is 0.497 e. The molecule has 0 aliphatic heterocycles. The maximum atomic E-state index is 5.25. The highest BCUT2D eigenvalue weighted by Crippen LogP contribution is 2.29. The van der Waals surface area contributed by atoms with Gasteiger partial charge < -0.3 is 10.1 Å². The maximum absolute atomic E-state index is 5.25. The van der Waals surface area contributed by atoms with Crippen LogP contribution in [-0.4, -0.2) is 22.1 Å². The van der Waals surface area contributed by atoms with Gasteiger partial charge in [0.15, 0.2) is 5.13 Å². The molecule has 4 aromatic rings. The van der Waals surface area contributed by atoms with Gasteiger partial charge in [-0.25, -0.2) is 9.97 Å². The highest BCUT2D eigenvalue weighted by molar-refractivity contribution is 7.22. The van der Waals surface area contributed by atoms with Crippen LogP contribution in [0.2, 0.25) is 0 Å². The highest BCUT2D eigenvalue weighted by atomic mass is 32.1. The summed E-state index contributed by atoms with van der Waals surface area (Å²) < 4.78 is 6.35. The fourth-order valence-electron chi connectivity index (χ4n) is 2.28. The number of fused-ring (bicyclic) bond motifs is 1. The second-order valence-electron chi connectivity index (χ2n) is 5.09. The summed E-state index contributed by atoms with van der Waals surface area (Å²) in [6, 6.07) is 9.83. The third-order valence-electron chi connectivity index (χ3n) is 3.48. The average Bonchev–Trinajstić information content (AvgIpc) is 3.26. The van der Waals surface area contributed by atoms with Gasteiger partial charge in [-0.05, 0) is 30.3 Å². The lowest BCUT2D eigenvalue weighted by Crippen LogP contribution is -1.98. The molecule has 0 spiro atoms. The van der Waals surface area contributed by atoms with Gasteiger partial charge in [0.2, 0.25) is 0 Å². The van der Waals surface area contributed by atoms with Crippen LogP contribution < -0.4 is 10.1 Å². The maximum Gasteiger partial charge on any atom is 0.184 e. The predicted molar refractivity (Wildman–Crippen MR) is 98.8 cm³/mol. The lowest BCUT2D eigenvalue weighted by Gasteiger charge is -1.98. The molecule has 0 bridgehead atoms. The van der Waals surface area contributed by atoms with Crippen LogP contribution in [0.25, 0.3) is 20.8 Å². The first kappa shape index (κ1) is 15.0. The molecule has 1 N–H and O–H groups in total. The van der Waals surface area contributed by atoms with Crippen LogP contribution in [0.1, 0.15) is 5.69 Å². The van der Waals surface area contributed by atoms with E-state index in [2.05, 4.69) is 25.6 Å². The van der Waals surface area contributed by atoms with Gasteiger partial charge in [-0.1, -0.05) is 11.3 Å². The van der Waals surface area contributed by atoms with Crippen molar-refractivity contribution in [3.63, 3.8) is 0 Å². The summed E-state index contributed by atoms with van der Waals surface area (Å²) in [5, 5.41) is 7.27. The second kappa shape index (κ2) is 6.54. The zero-order valence-electron chi connectivity index (χ0n) is 12.9. The molecule has 0 fully saturated rings. The van der Waals surface area contributed by atoms with E-state index in [0.29, 0.717) is 6.54 Å². The first-order valence-corrected chi connectivity index (χ1v) is 9.05. The van der Waals surface area contributed by atoms with Gasteiger partial charge in [-0.15, -0.1) is 11.3 Å². The fourth-order valence-corrected chi connectivity index (χ4v) is 3.98. The van der Waals surface area contributed by atoms with E-state index in [0.717, 1.165) is 37.4 Å². The number of nitrogens with zero attached hydrogens (tertiary/aromatic N) is 3. The standard InChI is InChI=1S/C17H14N4OS2/c1-22-13-4-5-14-15(7-13)24-17(21-14)19-9-12-10-23-16(20-12)11-3-2-6-18-8-11/h2-8,10H,9H2,1H3,(H,19,21). The van der Waals surface area contributed by atoms with Crippen molar-refractivity contribution >= 4 is 38.0 Å². The van der Waals surface area contributed by atoms with Crippen molar-refractivity contribution < 1.29 is 4.74 Å². The van der Waals surface area contributed by atoms with Crippen molar-refractivity contribution in [3.8, 4) is 16.3 Å². The summed E-state index contributed by atoms with van der Waals surface area (Å²) >= 11 is 3.24. The molecule has 0 atom stereocenters. The molecule has 0 saturated heterocycles. The summed E-state index contributed by atoms with van der Waals surface area (Å²) in [5.74, 6) is 0.846. The third-order valence-corrected chi connectivity index (χ3v) is 5.39. The summed E-state index contributed by atoms with van der Waals surface area (Å²) in [4.78, 5) is 13.4. The molecule has 5 nitrogen and oxygen atoms in total. The van der Waals surface area contributed by atoms with E-state index in [4.69, 9.17) is 4.74 Å². The number of benzene rings is 1. The topological polar surface area (TPSA) is 59.9 Å². The number of hydrogen-bond donors (Lipinski definition) is 1. The van der Waals surface area contributed by atoms with Crippen LogP contribution in [0.4, 0.5) is 5.13 Å². The van der Waals surface area contributed by atoms with Crippen LogP contribution in [0.15, 0.2) is 48.1 Å². The third kappa shape index (κ3) is 3.08. The molecule has 7 heteroatoms. The zero-order valence-corrected chi connectivity index (χ0v) is 14.5. The zero-order chi connectivity index (χ0) is 16.4. The smallest absolute Gasteiger partial charge is 0.184 e. The molecular formula is C17H14N4OS2. The van der Waals surface area contributed by atoms with Crippen molar-refractivity contribution in [2.24, 2.45) is 0 Å². The minimum atomic E-state index is 0.647. The molecular weight excluding hydrogens is 340 g/mol. The number of pyridine rings is 1. The SMILES string of the molecule is COc1ccc2nc(NCc3csc(-c4cccnc4)n3)sc2c1. The quantitative estimate of drug-likeness (QED) is 0.574. The Balaban J connectivity index is 1.48. The molecule has 3 heterocycles. The molecule has 1 aromatic carbocycles. The van der Waals surface area contributed by atoms with Gasteiger partial charge in [0, 0.05) is 23.3 Å². The van der Waals surface area contributed by atoms with Crippen LogP contribution in [0.5, 0.6) is 5.75 Å². The summed E-state index contributed by atoms with van der Waals surface area (Å²) in [7, 11) is 1.67. The molecule has 0 saturated carbocycles. The Morgan fingerprint density at radius 1 is 1.21 bits per heavy atom. The van der Waals surface area contributed by atoms with Crippen molar-refractivity contribution in [3.05, 3.63) is 53.8 Å². The molecule has 3 aromatic heterocycles. The van der Waals surface area contributed by atoms with E-state index in [1.165, 1.54) is 0 Å². The van der Waals surface area contributed by atoms with Crippen LogP contribution in [-0.2, 0) is 6.54 Å². The molecule has 0 aliphatic carbocycles. The van der Waals surface area contributed by atoms with E-state index in [9.17, 15) is 0 Å². The lowest BCUT2D eigenvalue weighted by molar-refractivity contribution is 0.415. The van der Waals surface area contributed by atoms with E-state index >= 15 is 0 Å². The van der Waals surface area contributed by atoms with Gasteiger partial charge >= 0.3 is 0 Å². The number of hydrogen-bond acceptors (Lipinski definition) is 7. The van der Waals surface area contributed by atoms with Crippen molar-refractivity contribution in [2.45, 2.75) is 6.54 Å². The van der Waals surface area contributed by atoms with E-state index in [1.807, 2.05) is 36.5 Å². The van der Waals surface area contributed by atoms with E-state index < -0.39 is 0 Å². The summed E-state index contributed by atoms with van der Waals surface area (Å²) in [6.07, 6.45) is 3.60. The Kier molecular flexibility index (Phi) is 4.10. The Bertz CT molecular complexity index is 965. The number of thiazole rings is 2. The summed E-state index contributed by atoms with van der Waals surface area (Å²) in [5.41, 5.74) is 3.01. The number of methoxy groups -OCH3 is 1. The van der Waals surface area contributed by atoms with Crippen LogP contribution in [0.3, 0.4) is 0 Å². The van der Waals surface area contributed by atoms with Gasteiger partial charge in [0.1, 0.15) is 10.8 Å². The number of rotatable bonds is 5. The number of ether oxygens (including phenoxy) is 1. The first-order chi connectivity index (χ1) is 11.8. The molecule has 0 aliphatic rings. The van der Waals surface area contributed by atoms with Gasteiger partial charge in [-0.2, -0.15) is 0 Å². The van der Waals surface area contributed by atoms with E-state index in [-0.39, 0.29) is 0 Å². The number of nitrogens with one attached hydrogen (secondary N) is 1. The molecule has 0 unspecified atom stereocenters. The minimum Gasteiger partial charge on any atom is -0.497 e. The van der Waals surface area contributed by atoms with Crippen LogP contribution >= 0.6 is 22.7 Å². The molecule has 24 heavy (non-hydrogen) atoms. The average molecular weight is 354 g/mol. The Labute approximate surface area is 147 Å². The number of aromatic nitrogens is 3. The predicted octanol–water partition coefficient (Wildman–Crippen LogP) is 4.44. The van der Waals surface area contributed by atoms with Gasteiger partial charge in [0.05, 0.1) is 29.6 Å². The Morgan fingerprint density at radius 3 is 3.00 bits per heavy atom. The minimum absolute atomic E-state index is 0.647. The fraction of sp³-hybridized carbons (Fsp3) is 0.118. The van der Waals surface area contributed by atoms with Crippen molar-refractivity contribution in [1.82, 2.24) is 15.0 Å². The second-order valence-corrected chi connectivity index (χ2v) is 6.98. The molecule has 4 rings (SSSR count). The van der Waals surface area contributed by atoms with Crippen molar-refractivity contribution in [2.75, 3.05) is 12.4 Å². The number of anilines is 1. The van der Waals surface area contributed by atoms with Crippen LogP contribution in [0, 0.1) is 0 Å². The Morgan fingerprint density at radius 2 is 2.17 bits per heavy atom. The van der Waals surface area contributed by atoms with E-state index in [1.54, 1.807) is 36.0 Å². The summed E-state index contributed by atoms with van der Waals surface area (Å²) in [6.45, 7) is 0.647. The lowest BCUT2D eigenvalue weighted by atomic mass is 10.3. The highest BCUT2D eigenvalue weighted by Gasteiger charge is 2.07. The molecule has 0 radical (unpaired) electrons. The molecule has 0 amide bonds. The van der Waals surface area contributed by atoms with Gasteiger partial charge in [0.25, 0.3) is 0 Å².